The highest BCUT2D eigenvalue weighted by Crippen LogP contribution is 2.32. The second-order valence-corrected chi connectivity index (χ2v) is 3.03. The van der Waals surface area contributed by atoms with Crippen molar-refractivity contribution < 1.29 is 5.11 Å². The number of hydrogen-bond acceptors (Lipinski definition) is 4. The summed E-state index contributed by atoms with van der Waals surface area (Å²) in [5.74, 6) is 0.00926. The molecule has 0 unspecified atom stereocenters. The first kappa shape index (κ1) is 8.31. The molecule has 1 aromatic rings. The van der Waals surface area contributed by atoms with E-state index in [0.29, 0.717) is 4.90 Å². The molecule has 0 saturated heterocycles. The van der Waals surface area contributed by atoms with Gasteiger partial charge in [0, 0.05) is 0 Å². The normalized spacial score (nSPS) is 9.09. The van der Waals surface area contributed by atoms with E-state index in [1.54, 1.807) is 18.2 Å². The molecule has 0 bridgehead atoms. The van der Waals surface area contributed by atoms with E-state index in [4.69, 9.17) is 5.26 Å². The Labute approximate surface area is 73.7 Å². The average molecular weight is 183 g/mol. The molecule has 0 saturated carbocycles. The molecule has 0 fully saturated rings. The van der Waals surface area contributed by atoms with Crippen LogP contribution in [-0.4, -0.2) is 5.11 Å². The van der Waals surface area contributed by atoms with Crippen LogP contribution in [0.3, 0.4) is 0 Å². The van der Waals surface area contributed by atoms with E-state index < -0.39 is 0 Å². The Morgan fingerprint density at radius 3 is 2.82 bits per heavy atom. The van der Waals surface area contributed by atoms with E-state index in [9.17, 15) is 5.11 Å². The summed E-state index contributed by atoms with van der Waals surface area (Å²) in [5.41, 5.74) is 0.282. The molecule has 0 spiro atoms. The molecular formula is C7H5NOS2. The molecule has 0 aromatic heterocycles. The maximum absolute atomic E-state index is 9.30. The maximum atomic E-state index is 9.30. The summed E-state index contributed by atoms with van der Waals surface area (Å²) in [5, 5.41) is 17.8. The van der Waals surface area contributed by atoms with Gasteiger partial charge in [-0.25, -0.2) is 0 Å². The van der Waals surface area contributed by atoms with Crippen LogP contribution in [-0.2, 0) is 0 Å². The first-order valence-electron chi connectivity index (χ1n) is 2.83. The largest absolute Gasteiger partial charge is 0.505 e. The molecule has 0 aliphatic carbocycles. The second kappa shape index (κ2) is 3.56. The fraction of sp³-hybridized carbons (Fsp3) is 0. The van der Waals surface area contributed by atoms with Gasteiger partial charge in [0.2, 0.25) is 0 Å². The van der Waals surface area contributed by atoms with Crippen molar-refractivity contribution >= 4 is 22.5 Å². The van der Waals surface area contributed by atoms with Crippen LogP contribution < -0.4 is 0 Å². The zero-order valence-electron chi connectivity index (χ0n) is 5.48. The minimum atomic E-state index is 0.00926. The van der Waals surface area contributed by atoms with Gasteiger partial charge < -0.3 is 5.11 Å². The second-order valence-electron chi connectivity index (χ2n) is 1.86. The van der Waals surface area contributed by atoms with Crippen molar-refractivity contribution in [1.29, 1.82) is 5.26 Å². The fourth-order valence-electron chi connectivity index (χ4n) is 0.686. The van der Waals surface area contributed by atoms with Gasteiger partial charge in [-0.1, -0.05) is 16.9 Å². The highest BCUT2D eigenvalue weighted by Gasteiger charge is 2.04. The van der Waals surface area contributed by atoms with Crippen molar-refractivity contribution in [2.75, 3.05) is 0 Å². The molecule has 0 heterocycles. The lowest BCUT2D eigenvalue weighted by atomic mass is 10.2. The third-order valence-electron chi connectivity index (χ3n) is 1.22. The van der Waals surface area contributed by atoms with E-state index in [2.05, 4.69) is 11.7 Å². The monoisotopic (exact) mass is 183 g/mol. The molecule has 4 heteroatoms. The standard InChI is InChI=1S/C7H5NOS2/c8-4-5-2-1-3-6(11-10)7(5)9/h1-3,9-10H. The van der Waals surface area contributed by atoms with Crippen molar-refractivity contribution in [2.45, 2.75) is 4.90 Å². The number of para-hydroxylation sites is 1. The third kappa shape index (κ3) is 1.62. The number of phenolic OH excluding ortho intramolecular Hbond substituents is 1. The summed E-state index contributed by atoms with van der Waals surface area (Å²) in [6, 6.07) is 6.84. The summed E-state index contributed by atoms with van der Waals surface area (Å²) in [6.45, 7) is 0. The van der Waals surface area contributed by atoms with E-state index in [0.717, 1.165) is 10.8 Å². The first-order valence-corrected chi connectivity index (χ1v) is 4.70. The highest BCUT2D eigenvalue weighted by molar-refractivity contribution is 8.68. The number of nitriles is 1. The molecule has 1 aromatic carbocycles. The van der Waals surface area contributed by atoms with Crippen molar-refractivity contribution in [3.05, 3.63) is 23.8 Å². The fourth-order valence-corrected chi connectivity index (χ4v) is 1.46. The SMILES string of the molecule is N#Cc1cccc(SS)c1O. The molecule has 0 aliphatic rings. The molecule has 2 nitrogen and oxygen atoms in total. The van der Waals surface area contributed by atoms with Gasteiger partial charge in [-0.05, 0) is 12.1 Å². The van der Waals surface area contributed by atoms with Crippen LogP contribution in [0.1, 0.15) is 5.56 Å². The van der Waals surface area contributed by atoms with Crippen LogP contribution in [0.2, 0.25) is 0 Å². The number of aromatic hydroxyl groups is 1. The van der Waals surface area contributed by atoms with E-state index in [1.807, 2.05) is 6.07 Å². The van der Waals surface area contributed by atoms with Crippen LogP contribution in [0.4, 0.5) is 0 Å². The lowest BCUT2D eigenvalue weighted by Gasteiger charge is -1.99. The summed E-state index contributed by atoms with van der Waals surface area (Å²) in [4.78, 5) is 0.604. The van der Waals surface area contributed by atoms with Gasteiger partial charge in [0.25, 0.3) is 0 Å². The smallest absolute Gasteiger partial charge is 0.147 e. The Morgan fingerprint density at radius 1 is 1.55 bits per heavy atom. The summed E-state index contributed by atoms with van der Waals surface area (Å²) < 4.78 is 0. The highest BCUT2D eigenvalue weighted by atomic mass is 33.1. The van der Waals surface area contributed by atoms with Gasteiger partial charge in [-0.2, -0.15) is 5.26 Å². The molecule has 11 heavy (non-hydrogen) atoms. The van der Waals surface area contributed by atoms with Crippen molar-refractivity contribution in [1.82, 2.24) is 0 Å². The summed E-state index contributed by atoms with van der Waals surface area (Å²) in [6.07, 6.45) is 0. The Kier molecular flexibility index (Phi) is 2.69. The molecule has 0 atom stereocenters. The van der Waals surface area contributed by atoms with E-state index in [1.165, 1.54) is 0 Å². The molecule has 0 radical (unpaired) electrons. The number of nitrogens with zero attached hydrogens (tertiary/aromatic N) is 1. The molecule has 0 aliphatic heterocycles. The van der Waals surface area contributed by atoms with Gasteiger partial charge in [0.15, 0.2) is 0 Å². The number of benzene rings is 1. The minimum absolute atomic E-state index is 0.00926. The Hall–Kier alpha value is -0.790. The number of phenols is 1. The zero-order valence-corrected chi connectivity index (χ0v) is 7.19. The number of thiol groups is 1. The van der Waals surface area contributed by atoms with Gasteiger partial charge in [0.1, 0.15) is 11.8 Å². The van der Waals surface area contributed by atoms with Crippen LogP contribution in [0.15, 0.2) is 23.1 Å². The van der Waals surface area contributed by atoms with Crippen molar-refractivity contribution in [3.8, 4) is 11.8 Å². The van der Waals surface area contributed by atoms with Crippen LogP contribution >= 0.6 is 22.5 Å². The molecule has 0 amide bonds. The predicted molar refractivity (Wildman–Crippen MR) is 47.7 cm³/mol. The topological polar surface area (TPSA) is 44.0 Å². The quantitative estimate of drug-likeness (QED) is 0.518. The maximum Gasteiger partial charge on any atom is 0.147 e. The number of hydrogen-bond donors (Lipinski definition) is 2. The predicted octanol–water partition coefficient (Wildman–Crippen LogP) is 2.20. The Bertz CT molecular complexity index is 306. The average Bonchev–Trinajstić information content (AvgIpc) is 2.05. The summed E-state index contributed by atoms with van der Waals surface area (Å²) >= 11 is 3.91. The van der Waals surface area contributed by atoms with Crippen LogP contribution in [0, 0.1) is 11.3 Å². The van der Waals surface area contributed by atoms with Gasteiger partial charge in [-0.3, -0.25) is 0 Å². The molecule has 56 valence electrons. The van der Waals surface area contributed by atoms with Crippen LogP contribution in [0.25, 0.3) is 0 Å². The first-order chi connectivity index (χ1) is 5.29. The third-order valence-corrected chi connectivity index (χ3v) is 2.33. The summed E-state index contributed by atoms with van der Waals surface area (Å²) in [7, 11) is 1.12. The minimum Gasteiger partial charge on any atom is -0.505 e. The van der Waals surface area contributed by atoms with Crippen LogP contribution in [0.5, 0.6) is 5.75 Å². The number of rotatable bonds is 1. The zero-order chi connectivity index (χ0) is 8.27. The molecular weight excluding hydrogens is 178 g/mol. The van der Waals surface area contributed by atoms with Gasteiger partial charge in [-0.15, -0.1) is 11.7 Å². The molecule has 1 rings (SSSR count). The van der Waals surface area contributed by atoms with Gasteiger partial charge in [0.05, 0.1) is 10.5 Å². The van der Waals surface area contributed by atoms with E-state index in [-0.39, 0.29) is 11.3 Å². The van der Waals surface area contributed by atoms with E-state index >= 15 is 0 Å². The Balaban J connectivity index is 3.23. The van der Waals surface area contributed by atoms with Crippen molar-refractivity contribution in [3.63, 3.8) is 0 Å². The molecule has 1 N–H and O–H groups in total. The van der Waals surface area contributed by atoms with Crippen molar-refractivity contribution in [2.24, 2.45) is 0 Å². The Morgan fingerprint density at radius 2 is 2.27 bits per heavy atom. The van der Waals surface area contributed by atoms with Gasteiger partial charge >= 0.3 is 0 Å². The lowest BCUT2D eigenvalue weighted by Crippen LogP contribution is -1.77. The lowest BCUT2D eigenvalue weighted by molar-refractivity contribution is 0.461.